The molecule has 0 fully saturated rings. The Morgan fingerprint density at radius 3 is 2.71 bits per heavy atom. The van der Waals surface area contributed by atoms with E-state index in [9.17, 15) is 5.11 Å². The smallest absolute Gasteiger partial charge is 0.231 e. The van der Waals surface area contributed by atoms with E-state index >= 15 is 0 Å². The number of hydrogen-bond acceptors (Lipinski definition) is 6. The molecular formula is C24H21ClN2O4. The third kappa shape index (κ3) is 3.76. The molecule has 3 N–H and O–H groups in total. The van der Waals surface area contributed by atoms with Gasteiger partial charge in [0.2, 0.25) is 6.79 Å². The van der Waals surface area contributed by atoms with Crippen LogP contribution in [0.25, 0.3) is 5.70 Å². The van der Waals surface area contributed by atoms with Gasteiger partial charge in [-0.2, -0.15) is 0 Å². The highest BCUT2D eigenvalue weighted by Gasteiger charge is 2.28. The first-order valence-corrected chi connectivity index (χ1v) is 10.3. The van der Waals surface area contributed by atoms with Crippen LogP contribution in [0.5, 0.6) is 23.0 Å². The van der Waals surface area contributed by atoms with Crippen LogP contribution in [0.3, 0.4) is 0 Å². The Morgan fingerprint density at radius 1 is 1.00 bits per heavy atom. The molecule has 0 bridgehead atoms. The van der Waals surface area contributed by atoms with Crippen LogP contribution < -0.4 is 24.8 Å². The maximum Gasteiger partial charge on any atom is 0.231 e. The maximum atomic E-state index is 10.5. The zero-order valence-electron chi connectivity index (χ0n) is 16.8. The third-order valence-electron chi connectivity index (χ3n) is 5.44. The predicted octanol–water partition coefficient (Wildman–Crippen LogP) is 4.76. The fourth-order valence-corrected chi connectivity index (χ4v) is 4.09. The number of methoxy groups -OCH3 is 1. The highest BCUT2D eigenvalue weighted by Crippen LogP contribution is 2.39. The Kier molecular flexibility index (Phi) is 5.10. The van der Waals surface area contributed by atoms with Gasteiger partial charge in [0, 0.05) is 27.4 Å². The summed E-state index contributed by atoms with van der Waals surface area (Å²) in [5, 5.41) is 18.2. The lowest BCUT2D eigenvalue weighted by molar-refractivity contribution is 0.174. The fraction of sp³-hybridized carbons (Fsp3) is 0.167. The van der Waals surface area contributed by atoms with Crippen LogP contribution in [-0.2, 0) is 0 Å². The van der Waals surface area contributed by atoms with Gasteiger partial charge in [-0.05, 0) is 48.5 Å². The normalized spacial score (nSPS) is 19.5. The van der Waals surface area contributed by atoms with Crippen LogP contribution in [0.4, 0.5) is 0 Å². The second kappa shape index (κ2) is 8.06. The van der Waals surface area contributed by atoms with Gasteiger partial charge < -0.3 is 24.6 Å². The lowest BCUT2D eigenvalue weighted by atomic mass is 9.97. The van der Waals surface area contributed by atoms with Crippen molar-refractivity contribution in [2.45, 2.75) is 12.2 Å². The molecule has 0 saturated heterocycles. The van der Waals surface area contributed by atoms with Crippen LogP contribution in [-0.4, -0.2) is 19.0 Å². The highest BCUT2D eigenvalue weighted by molar-refractivity contribution is 6.30. The molecule has 2 unspecified atom stereocenters. The van der Waals surface area contributed by atoms with Crippen molar-refractivity contribution < 1.29 is 19.3 Å². The Hall–Kier alpha value is -3.35. The minimum atomic E-state index is -0.296. The number of rotatable bonds is 4. The molecule has 2 heterocycles. The number of nitrogens with one attached hydrogen (secondary N) is 2. The summed E-state index contributed by atoms with van der Waals surface area (Å²) in [7, 11) is 1.65. The zero-order valence-corrected chi connectivity index (χ0v) is 17.5. The molecule has 0 aromatic heterocycles. The number of halogens is 1. The van der Waals surface area contributed by atoms with Gasteiger partial charge in [0.15, 0.2) is 11.5 Å². The quantitative estimate of drug-likeness (QED) is 0.548. The number of hydrogen-bond donors (Lipinski definition) is 3. The van der Waals surface area contributed by atoms with Gasteiger partial charge in [0.05, 0.1) is 13.2 Å². The Morgan fingerprint density at radius 2 is 1.84 bits per heavy atom. The first-order valence-electron chi connectivity index (χ1n) is 9.88. The van der Waals surface area contributed by atoms with E-state index < -0.39 is 0 Å². The van der Waals surface area contributed by atoms with Crippen LogP contribution >= 0.6 is 11.6 Å². The lowest BCUT2D eigenvalue weighted by Crippen LogP contribution is -2.39. The average Bonchev–Trinajstić information content (AvgIpc) is 3.28. The summed E-state index contributed by atoms with van der Waals surface area (Å²) in [6, 6.07) is 18.4. The summed E-state index contributed by atoms with van der Waals surface area (Å²) < 4.78 is 16.6. The predicted molar refractivity (Wildman–Crippen MR) is 118 cm³/mol. The summed E-state index contributed by atoms with van der Waals surface area (Å²) in [6.07, 6.45) is 1.75. The summed E-state index contributed by atoms with van der Waals surface area (Å²) in [4.78, 5) is 0. The lowest BCUT2D eigenvalue weighted by Gasteiger charge is -2.34. The van der Waals surface area contributed by atoms with Gasteiger partial charge in [-0.3, -0.25) is 5.32 Å². The molecule has 2 aliphatic rings. The Balaban J connectivity index is 1.59. The first-order chi connectivity index (χ1) is 15.1. The molecule has 2 aliphatic heterocycles. The van der Waals surface area contributed by atoms with Crippen molar-refractivity contribution in [3.8, 4) is 23.0 Å². The molecule has 6 nitrogen and oxygen atoms in total. The monoisotopic (exact) mass is 436 g/mol. The van der Waals surface area contributed by atoms with Crippen molar-refractivity contribution in [2.24, 2.45) is 0 Å². The molecule has 0 radical (unpaired) electrons. The maximum absolute atomic E-state index is 10.5. The molecule has 0 amide bonds. The SMILES string of the molecule is COc1ccccc1C1NC(c2ccc3c(c2)OCO3)=CC(c2cc(Cl)ccc2O)N1. The number of benzene rings is 3. The van der Waals surface area contributed by atoms with E-state index in [1.165, 1.54) is 0 Å². The number of phenols is 1. The molecule has 0 spiro atoms. The number of phenolic OH excluding ortho intramolecular Hbond substituents is 1. The number of ether oxygens (including phenoxy) is 3. The van der Waals surface area contributed by atoms with E-state index in [1.54, 1.807) is 25.3 Å². The summed E-state index contributed by atoms with van der Waals surface area (Å²) in [5.41, 5.74) is 3.46. The van der Waals surface area contributed by atoms with Crippen LogP contribution in [0.1, 0.15) is 28.9 Å². The molecule has 7 heteroatoms. The summed E-state index contributed by atoms with van der Waals surface area (Å²) in [5.74, 6) is 2.36. The fourth-order valence-electron chi connectivity index (χ4n) is 3.91. The molecular weight excluding hydrogens is 416 g/mol. The molecule has 158 valence electrons. The first kappa shape index (κ1) is 19.6. The minimum Gasteiger partial charge on any atom is -0.508 e. The van der Waals surface area contributed by atoms with E-state index in [2.05, 4.69) is 10.6 Å². The third-order valence-corrected chi connectivity index (χ3v) is 5.67. The van der Waals surface area contributed by atoms with Crippen LogP contribution in [0.15, 0.2) is 66.7 Å². The largest absolute Gasteiger partial charge is 0.508 e. The molecule has 3 aromatic carbocycles. The molecule has 31 heavy (non-hydrogen) atoms. The van der Waals surface area contributed by atoms with Crippen LogP contribution in [0, 0.1) is 0 Å². The van der Waals surface area contributed by atoms with Crippen molar-refractivity contribution >= 4 is 17.3 Å². The van der Waals surface area contributed by atoms with Crippen molar-refractivity contribution in [1.29, 1.82) is 0 Å². The van der Waals surface area contributed by atoms with E-state index in [1.807, 2.05) is 48.5 Å². The second-order valence-electron chi connectivity index (χ2n) is 7.32. The van der Waals surface area contributed by atoms with Gasteiger partial charge in [-0.25, -0.2) is 0 Å². The number of aromatic hydroxyl groups is 1. The van der Waals surface area contributed by atoms with E-state index in [4.69, 9.17) is 25.8 Å². The van der Waals surface area contributed by atoms with Gasteiger partial charge in [0.25, 0.3) is 0 Å². The van der Waals surface area contributed by atoms with Gasteiger partial charge in [-0.1, -0.05) is 29.8 Å². The summed E-state index contributed by atoms with van der Waals surface area (Å²) in [6.45, 7) is 0.218. The highest BCUT2D eigenvalue weighted by atomic mass is 35.5. The topological polar surface area (TPSA) is 72.0 Å². The minimum absolute atomic E-state index is 0.170. The molecule has 0 saturated carbocycles. The molecule has 5 rings (SSSR count). The molecule has 3 aromatic rings. The molecule has 0 aliphatic carbocycles. The van der Waals surface area contributed by atoms with Crippen molar-refractivity contribution in [1.82, 2.24) is 10.6 Å². The van der Waals surface area contributed by atoms with Crippen molar-refractivity contribution in [3.05, 3.63) is 88.5 Å². The van der Waals surface area contributed by atoms with Gasteiger partial charge >= 0.3 is 0 Å². The Labute approximate surface area is 185 Å². The zero-order chi connectivity index (χ0) is 21.4. The molecule has 2 atom stereocenters. The van der Waals surface area contributed by atoms with Crippen molar-refractivity contribution in [3.63, 3.8) is 0 Å². The number of para-hydroxylation sites is 1. The number of fused-ring (bicyclic) bond motifs is 1. The van der Waals surface area contributed by atoms with E-state index in [0.29, 0.717) is 16.3 Å². The standard InChI is InChI=1S/C24H21ClN2O4/c1-29-21-5-3-2-4-16(21)24-26-18(14-6-9-22-23(10-14)31-13-30-22)12-19(27-24)17-11-15(25)7-8-20(17)28/h2-12,19,24,26-28H,13H2,1H3. The Bertz CT molecular complexity index is 1160. The van der Waals surface area contributed by atoms with Gasteiger partial charge in [0.1, 0.15) is 17.7 Å². The van der Waals surface area contributed by atoms with Crippen molar-refractivity contribution in [2.75, 3.05) is 13.9 Å². The van der Waals surface area contributed by atoms with E-state index in [-0.39, 0.29) is 24.8 Å². The van der Waals surface area contributed by atoms with Gasteiger partial charge in [-0.15, -0.1) is 0 Å². The average molecular weight is 437 g/mol. The van der Waals surface area contributed by atoms with E-state index in [0.717, 1.165) is 28.3 Å². The summed E-state index contributed by atoms with van der Waals surface area (Å²) >= 11 is 6.23. The van der Waals surface area contributed by atoms with Crippen LogP contribution in [0.2, 0.25) is 5.02 Å². The second-order valence-corrected chi connectivity index (χ2v) is 7.75.